The number of nitrogens with zero attached hydrogens (tertiary/aromatic N) is 1. The maximum Gasteiger partial charge on any atom is 0.308 e. The van der Waals surface area contributed by atoms with Gasteiger partial charge in [0.2, 0.25) is 0 Å². The summed E-state index contributed by atoms with van der Waals surface area (Å²) in [5, 5.41) is 2.70. The zero-order chi connectivity index (χ0) is 14.5. The Morgan fingerprint density at radius 1 is 1.15 bits per heavy atom. The molecule has 0 atom stereocenters. The number of rotatable bonds is 3. The van der Waals surface area contributed by atoms with Crippen molar-refractivity contribution in [1.82, 2.24) is 4.98 Å². The average molecular weight is 270 g/mol. The molecule has 5 nitrogen and oxygen atoms in total. The Kier molecular flexibility index (Phi) is 4.10. The van der Waals surface area contributed by atoms with Gasteiger partial charge in [-0.15, -0.1) is 0 Å². The fraction of sp³-hybridized carbons (Fsp3) is 0.133. The molecule has 1 amide bonds. The first-order valence-corrected chi connectivity index (χ1v) is 6.08. The molecule has 0 bridgehead atoms. The summed E-state index contributed by atoms with van der Waals surface area (Å²) in [4.78, 5) is 27.4. The van der Waals surface area contributed by atoms with E-state index in [1.165, 1.54) is 6.92 Å². The fourth-order valence-electron chi connectivity index (χ4n) is 1.69. The molecular formula is C15H14N2O3. The van der Waals surface area contributed by atoms with Crippen LogP contribution in [0.3, 0.4) is 0 Å². The van der Waals surface area contributed by atoms with E-state index in [2.05, 4.69) is 10.3 Å². The number of carbonyl (C=O) groups excluding carboxylic acids is 2. The van der Waals surface area contributed by atoms with Crippen LogP contribution in [0, 0.1) is 6.92 Å². The van der Waals surface area contributed by atoms with Crippen molar-refractivity contribution in [2.24, 2.45) is 0 Å². The Labute approximate surface area is 116 Å². The van der Waals surface area contributed by atoms with Crippen molar-refractivity contribution >= 4 is 17.7 Å². The summed E-state index contributed by atoms with van der Waals surface area (Å²) in [6, 6.07) is 10.2. The van der Waals surface area contributed by atoms with Crippen LogP contribution < -0.4 is 10.1 Å². The Morgan fingerprint density at radius 2 is 1.90 bits per heavy atom. The predicted molar refractivity (Wildman–Crippen MR) is 74.7 cm³/mol. The molecule has 5 heteroatoms. The molecule has 0 aliphatic carbocycles. The van der Waals surface area contributed by atoms with Crippen LogP contribution in [0.2, 0.25) is 0 Å². The number of hydrogen-bond acceptors (Lipinski definition) is 4. The molecule has 20 heavy (non-hydrogen) atoms. The number of anilines is 1. The van der Waals surface area contributed by atoms with Gasteiger partial charge >= 0.3 is 5.97 Å². The summed E-state index contributed by atoms with van der Waals surface area (Å²) in [5.74, 6) is -0.135. The number of esters is 1. The summed E-state index contributed by atoms with van der Waals surface area (Å²) in [6.07, 6.45) is 1.60. The Hall–Kier alpha value is -2.69. The zero-order valence-corrected chi connectivity index (χ0v) is 11.2. The van der Waals surface area contributed by atoms with E-state index in [0.717, 1.165) is 5.56 Å². The summed E-state index contributed by atoms with van der Waals surface area (Å²) < 4.78 is 5.01. The molecule has 1 heterocycles. The molecule has 2 rings (SSSR count). The smallest absolute Gasteiger partial charge is 0.308 e. The lowest BCUT2D eigenvalue weighted by atomic mass is 10.2. The van der Waals surface area contributed by atoms with Crippen LogP contribution in [0.25, 0.3) is 0 Å². The van der Waals surface area contributed by atoms with E-state index in [0.29, 0.717) is 5.82 Å². The molecule has 0 spiro atoms. The maximum atomic E-state index is 12.2. The third-order valence-corrected chi connectivity index (χ3v) is 2.63. The molecule has 2 aromatic rings. The second kappa shape index (κ2) is 5.97. The van der Waals surface area contributed by atoms with Gasteiger partial charge in [-0.05, 0) is 30.7 Å². The highest BCUT2D eigenvalue weighted by Crippen LogP contribution is 2.20. The summed E-state index contributed by atoms with van der Waals surface area (Å²) >= 11 is 0. The molecule has 102 valence electrons. The lowest BCUT2D eigenvalue weighted by Crippen LogP contribution is -2.16. The van der Waals surface area contributed by atoms with Crippen LogP contribution in [0.15, 0.2) is 42.6 Å². The molecule has 0 fully saturated rings. The number of benzene rings is 1. The summed E-state index contributed by atoms with van der Waals surface area (Å²) in [6.45, 7) is 3.14. The minimum absolute atomic E-state index is 0.228. The van der Waals surface area contributed by atoms with Gasteiger partial charge in [0, 0.05) is 13.1 Å². The van der Waals surface area contributed by atoms with Crippen molar-refractivity contribution in [3.05, 3.63) is 53.7 Å². The summed E-state index contributed by atoms with van der Waals surface area (Å²) in [5.41, 5.74) is 1.14. The van der Waals surface area contributed by atoms with E-state index in [1.807, 2.05) is 13.0 Å². The number of aromatic nitrogens is 1. The van der Waals surface area contributed by atoms with Crippen LogP contribution in [0.5, 0.6) is 5.75 Å². The van der Waals surface area contributed by atoms with E-state index >= 15 is 0 Å². The number of nitrogens with one attached hydrogen (secondary N) is 1. The first kappa shape index (κ1) is 13.7. The molecular weight excluding hydrogens is 256 g/mol. The molecule has 1 N–H and O–H groups in total. The molecule has 0 saturated carbocycles. The van der Waals surface area contributed by atoms with Crippen LogP contribution in [-0.2, 0) is 4.79 Å². The zero-order valence-electron chi connectivity index (χ0n) is 11.2. The Balaban J connectivity index is 2.26. The second-order valence-corrected chi connectivity index (χ2v) is 4.21. The van der Waals surface area contributed by atoms with E-state index < -0.39 is 5.97 Å². The van der Waals surface area contributed by atoms with Gasteiger partial charge in [-0.1, -0.05) is 18.2 Å². The van der Waals surface area contributed by atoms with Crippen molar-refractivity contribution < 1.29 is 14.3 Å². The monoisotopic (exact) mass is 270 g/mol. The van der Waals surface area contributed by atoms with E-state index in [4.69, 9.17) is 4.74 Å². The molecule has 1 aromatic heterocycles. The SMILES string of the molecule is CC(=O)Oc1ccccc1C(=O)Nc1ncccc1C. The first-order valence-electron chi connectivity index (χ1n) is 6.08. The van der Waals surface area contributed by atoms with Gasteiger partial charge in [-0.3, -0.25) is 9.59 Å². The lowest BCUT2D eigenvalue weighted by molar-refractivity contribution is -0.131. The Bertz CT molecular complexity index is 653. The highest BCUT2D eigenvalue weighted by molar-refractivity contribution is 6.06. The van der Waals surface area contributed by atoms with Crippen LogP contribution in [0.1, 0.15) is 22.8 Å². The highest BCUT2D eigenvalue weighted by Gasteiger charge is 2.14. The van der Waals surface area contributed by atoms with Gasteiger partial charge in [0.1, 0.15) is 11.6 Å². The normalized spacial score (nSPS) is 9.90. The van der Waals surface area contributed by atoms with Crippen LogP contribution >= 0.6 is 0 Å². The van der Waals surface area contributed by atoms with E-state index in [9.17, 15) is 9.59 Å². The third kappa shape index (κ3) is 3.20. The van der Waals surface area contributed by atoms with Gasteiger partial charge in [0.05, 0.1) is 5.56 Å². The van der Waals surface area contributed by atoms with Crippen molar-refractivity contribution in [2.45, 2.75) is 13.8 Å². The molecule has 0 saturated heterocycles. The van der Waals surface area contributed by atoms with Crippen LogP contribution in [0.4, 0.5) is 5.82 Å². The minimum atomic E-state index is -0.473. The topological polar surface area (TPSA) is 68.3 Å². The quantitative estimate of drug-likeness (QED) is 0.687. The first-order chi connectivity index (χ1) is 9.58. The Morgan fingerprint density at radius 3 is 2.60 bits per heavy atom. The number of aryl methyl sites for hydroxylation is 1. The standard InChI is InChI=1S/C15H14N2O3/c1-10-6-5-9-16-14(10)17-15(19)12-7-3-4-8-13(12)20-11(2)18/h3-9H,1-2H3,(H,16,17,19). The molecule has 0 aliphatic rings. The van der Waals surface area contributed by atoms with Gasteiger partial charge < -0.3 is 10.1 Å². The summed E-state index contributed by atoms with van der Waals surface area (Å²) in [7, 11) is 0. The fourth-order valence-corrected chi connectivity index (χ4v) is 1.69. The molecule has 0 unspecified atom stereocenters. The number of ether oxygens (including phenoxy) is 1. The number of pyridine rings is 1. The largest absolute Gasteiger partial charge is 0.426 e. The maximum absolute atomic E-state index is 12.2. The average Bonchev–Trinajstić information content (AvgIpc) is 2.41. The van der Waals surface area contributed by atoms with E-state index in [1.54, 1.807) is 36.5 Å². The van der Waals surface area contributed by atoms with E-state index in [-0.39, 0.29) is 17.2 Å². The highest BCUT2D eigenvalue weighted by atomic mass is 16.5. The molecule has 0 aliphatic heterocycles. The second-order valence-electron chi connectivity index (χ2n) is 4.21. The van der Waals surface area contributed by atoms with Crippen molar-refractivity contribution in [2.75, 3.05) is 5.32 Å². The van der Waals surface area contributed by atoms with Gasteiger partial charge in [0.15, 0.2) is 0 Å². The third-order valence-electron chi connectivity index (χ3n) is 2.63. The number of carbonyl (C=O) groups is 2. The minimum Gasteiger partial charge on any atom is -0.426 e. The van der Waals surface area contributed by atoms with Gasteiger partial charge in [-0.2, -0.15) is 0 Å². The van der Waals surface area contributed by atoms with Crippen LogP contribution in [-0.4, -0.2) is 16.9 Å². The molecule has 0 radical (unpaired) electrons. The van der Waals surface area contributed by atoms with Gasteiger partial charge in [0.25, 0.3) is 5.91 Å². The van der Waals surface area contributed by atoms with Crippen molar-refractivity contribution in [3.63, 3.8) is 0 Å². The van der Waals surface area contributed by atoms with Gasteiger partial charge in [-0.25, -0.2) is 4.98 Å². The number of amides is 1. The predicted octanol–water partition coefficient (Wildman–Crippen LogP) is 2.57. The lowest BCUT2D eigenvalue weighted by Gasteiger charge is -2.10. The van der Waals surface area contributed by atoms with Crippen molar-refractivity contribution in [1.29, 1.82) is 0 Å². The number of para-hydroxylation sites is 1. The number of hydrogen-bond donors (Lipinski definition) is 1. The van der Waals surface area contributed by atoms with Crippen molar-refractivity contribution in [3.8, 4) is 5.75 Å². The molecule has 1 aromatic carbocycles.